The lowest BCUT2D eigenvalue weighted by atomic mass is 10.1. The molecule has 2 N–H and O–H groups in total. The Balaban J connectivity index is 1.67. The van der Waals surface area contributed by atoms with Crippen LogP contribution < -0.4 is 10.0 Å². The highest BCUT2D eigenvalue weighted by atomic mass is 35.5. The van der Waals surface area contributed by atoms with Crippen LogP contribution in [0.4, 0.5) is 0 Å². The summed E-state index contributed by atoms with van der Waals surface area (Å²) in [6.45, 7) is 4.38. The van der Waals surface area contributed by atoms with Crippen LogP contribution in [0.5, 0.6) is 0 Å². The van der Waals surface area contributed by atoms with Gasteiger partial charge in [-0.05, 0) is 54.3 Å². The van der Waals surface area contributed by atoms with E-state index in [4.69, 9.17) is 11.6 Å². The van der Waals surface area contributed by atoms with Crippen molar-refractivity contribution in [3.8, 4) is 0 Å². The first-order chi connectivity index (χ1) is 17.7. The topological polar surface area (TPSA) is 95.6 Å². The van der Waals surface area contributed by atoms with Gasteiger partial charge in [0.1, 0.15) is 6.04 Å². The third kappa shape index (κ3) is 8.42. The Labute approximate surface area is 223 Å². The lowest BCUT2D eigenvalue weighted by Gasteiger charge is -2.29. The first-order valence-corrected chi connectivity index (χ1v) is 14.0. The van der Waals surface area contributed by atoms with Crippen molar-refractivity contribution < 1.29 is 18.0 Å². The van der Waals surface area contributed by atoms with Gasteiger partial charge in [0.15, 0.2) is 0 Å². The number of carbonyl (C=O) groups excluding carboxylic acids is 2. The molecule has 0 saturated heterocycles. The molecule has 0 saturated carbocycles. The number of sulfonamides is 1. The summed E-state index contributed by atoms with van der Waals surface area (Å²) in [4.78, 5) is 28.1. The van der Waals surface area contributed by atoms with Crippen molar-refractivity contribution in [3.05, 3.63) is 101 Å². The molecule has 0 heterocycles. The van der Waals surface area contributed by atoms with E-state index < -0.39 is 16.1 Å². The molecule has 0 radical (unpaired) electrons. The molecule has 9 heteroatoms. The number of benzene rings is 3. The molecule has 0 fully saturated rings. The maximum atomic E-state index is 13.3. The van der Waals surface area contributed by atoms with Crippen LogP contribution in [0.3, 0.4) is 0 Å². The van der Waals surface area contributed by atoms with Crippen molar-refractivity contribution in [3.63, 3.8) is 0 Å². The highest BCUT2D eigenvalue weighted by Gasteiger charge is 2.26. The molecule has 0 aliphatic heterocycles. The largest absolute Gasteiger partial charge is 0.350 e. The van der Waals surface area contributed by atoms with Gasteiger partial charge in [0.25, 0.3) is 0 Å². The number of halogens is 1. The fourth-order valence-electron chi connectivity index (χ4n) is 3.81. The molecule has 0 aromatic heterocycles. The SMILES string of the molecule is CCNS(=O)(=O)c1ccc(CCC(=O)N(Cc2ccccc2)C(C)C(=O)NCc2ccc(Cl)cc2)cc1. The molecule has 3 aromatic carbocycles. The molecule has 0 aliphatic carbocycles. The molecule has 0 aliphatic rings. The van der Waals surface area contributed by atoms with Crippen molar-refractivity contribution in [2.75, 3.05) is 6.54 Å². The standard InChI is InChI=1S/C28H32ClN3O4S/c1-3-31-37(35,36)26-16-11-22(12-17-26)13-18-27(33)32(20-24-7-5-4-6-8-24)21(2)28(34)30-19-23-9-14-25(29)15-10-23/h4-12,14-17,21,31H,3,13,18-20H2,1-2H3,(H,30,34). The lowest BCUT2D eigenvalue weighted by molar-refractivity contribution is -0.140. The third-order valence-corrected chi connectivity index (χ3v) is 7.75. The van der Waals surface area contributed by atoms with E-state index in [1.807, 2.05) is 42.5 Å². The van der Waals surface area contributed by atoms with E-state index in [-0.39, 0.29) is 23.1 Å². The smallest absolute Gasteiger partial charge is 0.242 e. The van der Waals surface area contributed by atoms with Gasteiger partial charge >= 0.3 is 0 Å². The Morgan fingerprint density at radius 3 is 2.14 bits per heavy atom. The van der Waals surface area contributed by atoms with Gasteiger partial charge in [-0.2, -0.15) is 0 Å². The fraction of sp³-hybridized carbons (Fsp3) is 0.286. The molecule has 0 bridgehead atoms. The molecule has 196 valence electrons. The van der Waals surface area contributed by atoms with Crippen molar-refractivity contribution in [2.45, 2.75) is 50.7 Å². The van der Waals surface area contributed by atoms with Gasteiger partial charge in [0, 0.05) is 31.1 Å². The second-order valence-corrected chi connectivity index (χ2v) is 10.9. The molecule has 0 spiro atoms. The maximum Gasteiger partial charge on any atom is 0.242 e. The van der Waals surface area contributed by atoms with E-state index >= 15 is 0 Å². The van der Waals surface area contributed by atoms with E-state index in [1.54, 1.807) is 43.0 Å². The summed E-state index contributed by atoms with van der Waals surface area (Å²) in [6.07, 6.45) is 0.603. The first-order valence-electron chi connectivity index (χ1n) is 12.1. The second-order valence-electron chi connectivity index (χ2n) is 8.67. The minimum atomic E-state index is -3.53. The van der Waals surface area contributed by atoms with E-state index in [0.717, 1.165) is 16.7 Å². The molecule has 3 aromatic rings. The monoisotopic (exact) mass is 541 g/mol. The summed E-state index contributed by atoms with van der Waals surface area (Å²) in [6, 6.07) is 22.5. The van der Waals surface area contributed by atoms with Crippen LogP contribution in [-0.4, -0.2) is 37.7 Å². The van der Waals surface area contributed by atoms with Crippen molar-refractivity contribution >= 4 is 33.4 Å². The number of amides is 2. The Morgan fingerprint density at radius 1 is 0.892 bits per heavy atom. The van der Waals surface area contributed by atoms with Crippen LogP contribution in [0.2, 0.25) is 5.02 Å². The summed E-state index contributed by atoms with van der Waals surface area (Å²) in [5.41, 5.74) is 2.67. The molecule has 1 atom stereocenters. The number of aryl methyl sites for hydroxylation is 1. The van der Waals surface area contributed by atoms with Crippen LogP contribution in [0.25, 0.3) is 0 Å². The summed E-state index contributed by atoms with van der Waals surface area (Å²) < 4.78 is 26.8. The highest BCUT2D eigenvalue weighted by molar-refractivity contribution is 7.89. The zero-order valence-electron chi connectivity index (χ0n) is 21.0. The van der Waals surface area contributed by atoms with Gasteiger partial charge < -0.3 is 10.2 Å². The van der Waals surface area contributed by atoms with Gasteiger partial charge in [0.05, 0.1) is 4.90 Å². The lowest BCUT2D eigenvalue weighted by Crippen LogP contribution is -2.47. The Morgan fingerprint density at radius 2 is 1.51 bits per heavy atom. The van der Waals surface area contributed by atoms with Gasteiger partial charge in [-0.3, -0.25) is 9.59 Å². The number of rotatable bonds is 12. The molecule has 37 heavy (non-hydrogen) atoms. The fourth-order valence-corrected chi connectivity index (χ4v) is 4.97. The van der Waals surface area contributed by atoms with E-state index in [9.17, 15) is 18.0 Å². The van der Waals surface area contributed by atoms with E-state index in [1.165, 1.54) is 12.1 Å². The van der Waals surface area contributed by atoms with Gasteiger partial charge in [-0.1, -0.05) is 73.1 Å². The average molecular weight is 542 g/mol. The second kappa shape index (κ2) is 13.4. The quantitative estimate of drug-likeness (QED) is 0.357. The van der Waals surface area contributed by atoms with Crippen LogP contribution in [0, 0.1) is 0 Å². The number of nitrogens with one attached hydrogen (secondary N) is 2. The maximum absolute atomic E-state index is 13.3. The Hall–Kier alpha value is -3.20. The normalized spacial score (nSPS) is 12.1. The van der Waals surface area contributed by atoms with Crippen LogP contribution >= 0.6 is 11.6 Å². The molecule has 1 unspecified atom stereocenters. The minimum absolute atomic E-state index is 0.164. The summed E-state index contributed by atoms with van der Waals surface area (Å²) in [5.74, 6) is -0.417. The van der Waals surface area contributed by atoms with Crippen LogP contribution in [0.15, 0.2) is 83.8 Å². The number of hydrogen-bond acceptors (Lipinski definition) is 4. The molecule has 2 amide bonds. The summed E-state index contributed by atoms with van der Waals surface area (Å²) >= 11 is 5.93. The highest BCUT2D eigenvalue weighted by Crippen LogP contribution is 2.16. The molecule has 7 nitrogen and oxygen atoms in total. The van der Waals surface area contributed by atoms with Crippen molar-refractivity contribution in [1.82, 2.24) is 14.9 Å². The predicted molar refractivity (Wildman–Crippen MR) is 145 cm³/mol. The zero-order chi connectivity index (χ0) is 26.8. The van der Waals surface area contributed by atoms with Crippen molar-refractivity contribution in [1.29, 1.82) is 0 Å². The van der Waals surface area contributed by atoms with Crippen molar-refractivity contribution in [2.24, 2.45) is 0 Å². The Bertz CT molecular complexity index is 1280. The van der Waals surface area contributed by atoms with Crippen LogP contribution in [-0.2, 0) is 39.1 Å². The predicted octanol–water partition coefficient (Wildman–Crippen LogP) is 4.30. The molecular formula is C28H32ClN3O4S. The minimum Gasteiger partial charge on any atom is -0.350 e. The molecule has 3 rings (SSSR count). The summed E-state index contributed by atoms with van der Waals surface area (Å²) in [7, 11) is -3.53. The van der Waals surface area contributed by atoms with Gasteiger partial charge in [-0.25, -0.2) is 13.1 Å². The first kappa shape index (κ1) is 28.4. The zero-order valence-corrected chi connectivity index (χ0v) is 22.6. The molecular weight excluding hydrogens is 510 g/mol. The van der Waals surface area contributed by atoms with E-state index in [2.05, 4.69) is 10.0 Å². The average Bonchev–Trinajstić information content (AvgIpc) is 2.90. The Kier molecular flexibility index (Phi) is 10.3. The number of nitrogens with zero attached hydrogens (tertiary/aromatic N) is 1. The summed E-state index contributed by atoms with van der Waals surface area (Å²) in [5, 5.41) is 3.53. The number of hydrogen-bond donors (Lipinski definition) is 2. The van der Waals surface area contributed by atoms with Crippen LogP contribution in [0.1, 0.15) is 37.0 Å². The third-order valence-electron chi connectivity index (χ3n) is 5.94. The van der Waals surface area contributed by atoms with Gasteiger partial charge in [-0.15, -0.1) is 0 Å². The van der Waals surface area contributed by atoms with Gasteiger partial charge in [0.2, 0.25) is 21.8 Å². The number of carbonyl (C=O) groups is 2. The van der Waals surface area contributed by atoms with E-state index in [0.29, 0.717) is 31.1 Å².